The van der Waals surface area contributed by atoms with E-state index in [0.717, 1.165) is 42.4 Å². The van der Waals surface area contributed by atoms with Gasteiger partial charge in [0.05, 0.1) is 7.11 Å². The number of carbonyl (C=O) groups is 1. The van der Waals surface area contributed by atoms with Gasteiger partial charge in [-0.25, -0.2) is 4.79 Å². The first-order chi connectivity index (χ1) is 14.6. The molecule has 1 fully saturated rings. The van der Waals surface area contributed by atoms with Gasteiger partial charge in [0.2, 0.25) is 0 Å². The van der Waals surface area contributed by atoms with Crippen LogP contribution in [0.4, 0.5) is 0 Å². The molecule has 1 saturated carbocycles. The molecule has 1 aliphatic carbocycles. The van der Waals surface area contributed by atoms with Gasteiger partial charge in [0.25, 0.3) is 5.91 Å². The number of methoxy groups -OCH3 is 1. The smallest absolute Gasteiger partial charge is 0.336 e. The molecule has 4 rings (SSSR count). The lowest BCUT2D eigenvalue weighted by atomic mass is 9.78. The summed E-state index contributed by atoms with van der Waals surface area (Å²) >= 11 is 0. The molecule has 0 saturated heterocycles. The topological polar surface area (TPSA) is 77.8 Å². The number of hydrogen-bond donors (Lipinski definition) is 1. The largest absolute Gasteiger partial charge is 0.496 e. The zero-order valence-electron chi connectivity index (χ0n) is 17.0. The predicted octanol–water partition coefficient (Wildman–Crippen LogP) is 3.81. The van der Waals surface area contributed by atoms with Crippen molar-refractivity contribution in [2.24, 2.45) is 0 Å². The lowest BCUT2D eigenvalue weighted by Gasteiger charge is -2.31. The summed E-state index contributed by atoms with van der Waals surface area (Å²) in [6, 6.07) is 16.3. The monoisotopic (exact) mass is 407 g/mol. The summed E-state index contributed by atoms with van der Waals surface area (Å²) in [6.07, 6.45) is 4.29. The molecule has 3 aromatic rings. The van der Waals surface area contributed by atoms with Crippen LogP contribution in [-0.4, -0.2) is 26.2 Å². The van der Waals surface area contributed by atoms with Crippen molar-refractivity contribution in [1.29, 1.82) is 0 Å². The SMILES string of the molecule is COc1ccccc1C1(CNC(=O)COc2ccc3ccc(=O)oc3c2)CCCC1. The van der Waals surface area contributed by atoms with Crippen LogP contribution in [0.15, 0.2) is 63.8 Å². The first kappa shape index (κ1) is 20.0. The molecule has 0 bridgehead atoms. The van der Waals surface area contributed by atoms with Crippen LogP contribution in [0.25, 0.3) is 11.0 Å². The Morgan fingerprint density at radius 1 is 1.10 bits per heavy atom. The van der Waals surface area contributed by atoms with Gasteiger partial charge in [-0.2, -0.15) is 0 Å². The van der Waals surface area contributed by atoms with Gasteiger partial charge in [0, 0.05) is 35.0 Å². The van der Waals surface area contributed by atoms with Gasteiger partial charge in [-0.15, -0.1) is 0 Å². The van der Waals surface area contributed by atoms with Crippen LogP contribution in [-0.2, 0) is 10.2 Å². The lowest BCUT2D eigenvalue weighted by Crippen LogP contribution is -2.41. The maximum absolute atomic E-state index is 12.5. The van der Waals surface area contributed by atoms with E-state index in [2.05, 4.69) is 11.4 Å². The lowest BCUT2D eigenvalue weighted by molar-refractivity contribution is -0.123. The van der Waals surface area contributed by atoms with Crippen molar-refractivity contribution in [3.63, 3.8) is 0 Å². The van der Waals surface area contributed by atoms with Crippen molar-refractivity contribution < 1.29 is 18.7 Å². The van der Waals surface area contributed by atoms with Crippen molar-refractivity contribution in [3.8, 4) is 11.5 Å². The summed E-state index contributed by atoms with van der Waals surface area (Å²) in [5.74, 6) is 1.15. The molecule has 0 atom stereocenters. The zero-order chi connectivity index (χ0) is 21.0. The minimum Gasteiger partial charge on any atom is -0.496 e. The number of fused-ring (bicyclic) bond motifs is 1. The van der Waals surface area contributed by atoms with Crippen LogP contribution < -0.4 is 20.4 Å². The van der Waals surface area contributed by atoms with Crippen LogP contribution in [0.1, 0.15) is 31.2 Å². The molecule has 0 spiro atoms. The van der Waals surface area contributed by atoms with E-state index >= 15 is 0 Å². The standard InChI is InChI=1S/C24H25NO5/c1-28-20-7-3-2-6-19(20)24(12-4-5-13-24)16-25-22(26)15-29-18-10-8-17-9-11-23(27)30-21(17)14-18/h2-3,6-11,14H,4-5,12-13,15-16H2,1H3,(H,25,26). The Balaban J connectivity index is 1.40. The number of ether oxygens (including phenoxy) is 2. The van der Waals surface area contributed by atoms with Crippen LogP contribution in [0.3, 0.4) is 0 Å². The molecule has 1 N–H and O–H groups in total. The maximum Gasteiger partial charge on any atom is 0.336 e. The normalized spacial score (nSPS) is 15.1. The molecule has 1 aliphatic rings. The highest BCUT2D eigenvalue weighted by Crippen LogP contribution is 2.44. The highest BCUT2D eigenvalue weighted by molar-refractivity contribution is 5.79. The third kappa shape index (κ3) is 4.17. The number of rotatable bonds is 7. The van der Waals surface area contributed by atoms with E-state index in [4.69, 9.17) is 13.9 Å². The molecule has 6 nitrogen and oxygen atoms in total. The average Bonchev–Trinajstić information content (AvgIpc) is 3.26. The molecule has 0 radical (unpaired) electrons. The second-order valence-corrected chi connectivity index (χ2v) is 7.71. The minimum absolute atomic E-state index is 0.107. The fraction of sp³-hybridized carbons (Fsp3) is 0.333. The second kappa shape index (κ2) is 8.61. The van der Waals surface area contributed by atoms with E-state index in [9.17, 15) is 9.59 Å². The fourth-order valence-electron chi connectivity index (χ4n) is 4.27. The first-order valence-electron chi connectivity index (χ1n) is 10.2. The molecule has 0 unspecified atom stereocenters. The summed E-state index contributed by atoms with van der Waals surface area (Å²) in [5.41, 5.74) is 1.04. The van der Waals surface area contributed by atoms with Gasteiger partial charge in [-0.3, -0.25) is 4.79 Å². The molecule has 156 valence electrons. The summed E-state index contributed by atoms with van der Waals surface area (Å²) in [5, 5.41) is 3.84. The van der Waals surface area contributed by atoms with E-state index in [0.29, 0.717) is 17.9 Å². The third-order valence-corrected chi connectivity index (χ3v) is 5.83. The molecule has 6 heteroatoms. The highest BCUT2D eigenvalue weighted by atomic mass is 16.5. The van der Waals surface area contributed by atoms with Crippen LogP contribution in [0.2, 0.25) is 0 Å². The Labute approximate surface area is 174 Å². The number of benzene rings is 2. The van der Waals surface area contributed by atoms with E-state index in [1.807, 2.05) is 18.2 Å². The van der Waals surface area contributed by atoms with Crippen LogP contribution in [0.5, 0.6) is 11.5 Å². The number of carbonyl (C=O) groups excluding carboxylic acids is 1. The Morgan fingerprint density at radius 3 is 2.67 bits per heavy atom. The van der Waals surface area contributed by atoms with Crippen molar-refractivity contribution >= 4 is 16.9 Å². The Bertz CT molecular complexity index is 1100. The Kier molecular flexibility index (Phi) is 5.74. The van der Waals surface area contributed by atoms with Gasteiger partial charge in [0.15, 0.2) is 6.61 Å². The van der Waals surface area contributed by atoms with Gasteiger partial charge in [0.1, 0.15) is 17.1 Å². The van der Waals surface area contributed by atoms with Gasteiger partial charge >= 0.3 is 5.63 Å². The predicted molar refractivity (Wildman–Crippen MR) is 114 cm³/mol. The zero-order valence-corrected chi connectivity index (χ0v) is 17.0. The summed E-state index contributed by atoms with van der Waals surface area (Å²) in [7, 11) is 1.68. The number of para-hydroxylation sites is 1. The van der Waals surface area contributed by atoms with Crippen molar-refractivity contribution in [2.45, 2.75) is 31.1 Å². The highest BCUT2D eigenvalue weighted by Gasteiger charge is 2.38. The van der Waals surface area contributed by atoms with Gasteiger partial charge < -0.3 is 19.2 Å². The average molecular weight is 407 g/mol. The minimum atomic E-state index is -0.421. The molecule has 1 heterocycles. The molecule has 1 aromatic heterocycles. The fourth-order valence-corrected chi connectivity index (χ4v) is 4.27. The van der Waals surface area contributed by atoms with Crippen molar-refractivity contribution in [3.05, 3.63) is 70.6 Å². The first-order valence-corrected chi connectivity index (χ1v) is 10.2. The summed E-state index contributed by atoms with van der Waals surface area (Å²) in [6.45, 7) is 0.437. The van der Waals surface area contributed by atoms with Gasteiger partial charge in [-0.1, -0.05) is 31.0 Å². The van der Waals surface area contributed by atoms with Gasteiger partial charge in [-0.05, 0) is 37.1 Å². The Morgan fingerprint density at radius 2 is 1.87 bits per heavy atom. The quantitative estimate of drug-likeness (QED) is 0.603. The van der Waals surface area contributed by atoms with Crippen LogP contribution >= 0.6 is 0 Å². The summed E-state index contributed by atoms with van der Waals surface area (Å²) in [4.78, 5) is 23.9. The molecule has 2 aromatic carbocycles. The van der Waals surface area contributed by atoms with E-state index in [1.165, 1.54) is 6.07 Å². The van der Waals surface area contributed by atoms with E-state index < -0.39 is 5.63 Å². The molecular formula is C24H25NO5. The number of hydrogen-bond acceptors (Lipinski definition) is 5. The van der Waals surface area contributed by atoms with Crippen LogP contribution in [0, 0.1) is 0 Å². The maximum atomic E-state index is 12.5. The Hall–Kier alpha value is -3.28. The molecule has 1 amide bonds. The third-order valence-electron chi connectivity index (χ3n) is 5.83. The van der Waals surface area contributed by atoms with Crippen molar-refractivity contribution in [2.75, 3.05) is 20.3 Å². The second-order valence-electron chi connectivity index (χ2n) is 7.71. The molecule has 0 aliphatic heterocycles. The van der Waals surface area contributed by atoms with E-state index in [1.54, 1.807) is 31.4 Å². The summed E-state index contributed by atoms with van der Waals surface area (Å²) < 4.78 is 16.3. The number of amides is 1. The van der Waals surface area contributed by atoms with E-state index in [-0.39, 0.29) is 17.9 Å². The number of nitrogens with one attached hydrogen (secondary N) is 1. The molecular weight excluding hydrogens is 382 g/mol. The van der Waals surface area contributed by atoms with Crippen molar-refractivity contribution in [1.82, 2.24) is 5.32 Å². The molecule has 30 heavy (non-hydrogen) atoms.